The summed E-state index contributed by atoms with van der Waals surface area (Å²) in [7, 11) is 0. The van der Waals surface area contributed by atoms with E-state index in [2.05, 4.69) is 10.6 Å². The maximum atomic E-state index is 14.2. The number of aliphatic hydroxyl groups excluding tert-OH is 1. The first kappa shape index (κ1) is 25.4. The number of amides is 3. The van der Waals surface area contributed by atoms with Crippen molar-refractivity contribution in [2.75, 3.05) is 6.61 Å². The SMILES string of the molecule is CC(C)(C)NC(=O)C1N([C@H](CO)c2ccccc2)C(=O)[C@@H]2[C@@H](C(=O)NCc3ccccc3)[C@H]3CCC12O3. The molecule has 196 valence electrons. The summed E-state index contributed by atoms with van der Waals surface area (Å²) in [6, 6.07) is 17.1. The second-order valence-corrected chi connectivity index (χ2v) is 11.4. The predicted octanol–water partition coefficient (Wildman–Crippen LogP) is 2.33. The minimum absolute atomic E-state index is 0.245. The fourth-order valence-electron chi connectivity index (χ4n) is 6.40. The molecule has 37 heavy (non-hydrogen) atoms. The zero-order chi connectivity index (χ0) is 26.4. The van der Waals surface area contributed by atoms with Gasteiger partial charge in [0.15, 0.2) is 0 Å². The first-order chi connectivity index (χ1) is 17.7. The van der Waals surface area contributed by atoms with Gasteiger partial charge in [0.05, 0.1) is 30.6 Å². The van der Waals surface area contributed by atoms with Gasteiger partial charge in [-0.05, 0) is 44.7 Å². The molecule has 8 heteroatoms. The van der Waals surface area contributed by atoms with E-state index in [0.29, 0.717) is 19.4 Å². The quantitative estimate of drug-likeness (QED) is 0.535. The van der Waals surface area contributed by atoms with Crippen LogP contribution in [0.25, 0.3) is 0 Å². The van der Waals surface area contributed by atoms with Crippen molar-refractivity contribution < 1.29 is 24.2 Å². The average Bonchev–Trinajstić information content (AvgIpc) is 3.51. The number of nitrogens with zero attached hydrogens (tertiary/aromatic N) is 1. The molecule has 3 aliphatic rings. The monoisotopic (exact) mass is 505 g/mol. The van der Waals surface area contributed by atoms with Gasteiger partial charge in [-0.15, -0.1) is 0 Å². The molecule has 3 amide bonds. The van der Waals surface area contributed by atoms with Gasteiger partial charge >= 0.3 is 0 Å². The number of nitrogens with one attached hydrogen (secondary N) is 2. The molecule has 3 saturated heterocycles. The minimum Gasteiger partial charge on any atom is -0.394 e. The molecular weight excluding hydrogens is 470 g/mol. The highest BCUT2D eigenvalue weighted by Gasteiger charge is 2.75. The highest BCUT2D eigenvalue weighted by molar-refractivity contribution is 5.99. The number of carbonyl (C=O) groups is 3. The summed E-state index contributed by atoms with van der Waals surface area (Å²) in [6.45, 7) is 5.64. The number of benzene rings is 2. The van der Waals surface area contributed by atoms with E-state index in [-0.39, 0.29) is 24.3 Å². The molecule has 1 spiro atoms. The molecular formula is C29H35N3O5. The van der Waals surface area contributed by atoms with Crippen molar-refractivity contribution in [3.05, 3.63) is 71.8 Å². The van der Waals surface area contributed by atoms with E-state index < -0.39 is 41.2 Å². The van der Waals surface area contributed by atoms with Crippen molar-refractivity contribution in [2.24, 2.45) is 11.8 Å². The first-order valence-corrected chi connectivity index (χ1v) is 13.0. The van der Waals surface area contributed by atoms with Crippen LogP contribution in [0.2, 0.25) is 0 Å². The fourth-order valence-corrected chi connectivity index (χ4v) is 6.40. The zero-order valence-electron chi connectivity index (χ0n) is 21.5. The van der Waals surface area contributed by atoms with Crippen LogP contribution in [0.4, 0.5) is 0 Å². The van der Waals surface area contributed by atoms with Crippen molar-refractivity contribution in [3.63, 3.8) is 0 Å². The normalized spacial score (nSPS) is 29.2. The molecule has 2 unspecified atom stereocenters. The molecule has 3 N–H and O–H groups in total. The molecule has 3 aliphatic heterocycles. The molecule has 2 bridgehead atoms. The zero-order valence-corrected chi connectivity index (χ0v) is 21.5. The Bertz CT molecular complexity index is 1170. The number of rotatable bonds is 7. The van der Waals surface area contributed by atoms with Crippen LogP contribution in [-0.4, -0.2) is 57.6 Å². The van der Waals surface area contributed by atoms with Crippen LogP contribution in [0.15, 0.2) is 60.7 Å². The van der Waals surface area contributed by atoms with Gasteiger partial charge in [0.1, 0.15) is 11.6 Å². The molecule has 3 fully saturated rings. The van der Waals surface area contributed by atoms with Crippen LogP contribution >= 0.6 is 0 Å². The smallest absolute Gasteiger partial charge is 0.246 e. The summed E-state index contributed by atoms with van der Waals surface area (Å²) in [5.41, 5.74) is 0.0304. The molecule has 0 aliphatic carbocycles. The van der Waals surface area contributed by atoms with Crippen molar-refractivity contribution in [1.82, 2.24) is 15.5 Å². The summed E-state index contributed by atoms with van der Waals surface area (Å²) in [6.07, 6.45) is 0.665. The van der Waals surface area contributed by atoms with E-state index in [0.717, 1.165) is 11.1 Å². The number of ether oxygens (including phenoxy) is 1. The van der Waals surface area contributed by atoms with Gasteiger partial charge in [0.25, 0.3) is 0 Å². The molecule has 0 radical (unpaired) electrons. The average molecular weight is 506 g/mol. The second kappa shape index (κ2) is 9.58. The number of fused-ring (bicyclic) bond motifs is 1. The third-order valence-electron chi connectivity index (χ3n) is 7.79. The van der Waals surface area contributed by atoms with E-state index in [1.807, 2.05) is 81.4 Å². The molecule has 0 aromatic heterocycles. The van der Waals surface area contributed by atoms with Gasteiger partial charge in [-0.3, -0.25) is 14.4 Å². The Kier molecular flexibility index (Phi) is 6.58. The van der Waals surface area contributed by atoms with E-state index in [4.69, 9.17) is 4.74 Å². The van der Waals surface area contributed by atoms with Crippen LogP contribution in [-0.2, 0) is 25.7 Å². The molecule has 3 heterocycles. The van der Waals surface area contributed by atoms with Crippen LogP contribution in [0.1, 0.15) is 50.8 Å². The van der Waals surface area contributed by atoms with Gasteiger partial charge in [-0.2, -0.15) is 0 Å². The highest BCUT2D eigenvalue weighted by atomic mass is 16.5. The second-order valence-electron chi connectivity index (χ2n) is 11.4. The van der Waals surface area contributed by atoms with E-state index in [1.165, 1.54) is 4.90 Å². The third kappa shape index (κ3) is 4.42. The number of aliphatic hydroxyl groups is 1. The Morgan fingerprint density at radius 1 is 1.08 bits per heavy atom. The molecule has 8 nitrogen and oxygen atoms in total. The number of carbonyl (C=O) groups excluding carboxylic acids is 3. The third-order valence-corrected chi connectivity index (χ3v) is 7.79. The lowest BCUT2D eigenvalue weighted by atomic mass is 9.70. The van der Waals surface area contributed by atoms with Crippen molar-refractivity contribution in [2.45, 2.75) is 69.5 Å². The Hall–Kier alpha value is -3.23. The number of likely N-dealkylation sites (tertiary alicyclic amines) is 1. The van der Waals surface area contributed by atoms with Crippen molar-refractivity contribution in [3.8, 4) is 0 Å². The Morgan fingerprint density at radius 3 is 2.35 bits per heavy atom. The molecule has 0 saturated carbocycles. The van der Waals surface area contributed by atoms with E-state index >= 15 is 0 Å². The van der Waals surface area contributed by atoms with Crippen LogP contribution in [0.5, 0.6) is 0 Å². The van der Waals surface area contributed by atoms with Crippen LogP contribution in [0.3, 0.4) is 0 Å². The lowest BCUT2D eigenvalue weighted by molar-refractivity contribution is -0.146. The lowest BCUT2D eigenvalue weighted by Gasteiger charge is -2.38. The number of hydrogen-bond acceptors (Lipinski definition) is 5. The summed E-state index contributed by atoms with van der Waals surface area (Å²) in [5.74, 6) is -2.39. The summed E-state index contributed by atoms with van der Waals surface area (Å²) < 4.78 is 6.48. The Labute approximate surface area is 217 Å². The van der Waals surface area contributed by atoms with Gasteiger partial charge in [-0.25, -0.2) is 0 Å². The topological polar surface area (TPSA) is 108 Å². The summed E-state index contributed by atoms with van der Waals surface area (Å²) >= 11 is 0. The minimum atomic E-state index is -1.12. The maximum absolute atomic E-state index is 14.2. The summed E-state index contributed by atoms with van der Waals surface area (Å²) in [5, 5.41) is 16.5. The largest absolute Gasteiger partial charge is 0.394 e. The number of hydrogen-bond donors (Lipinski definition) is 3. The van der Waals surface area contributed by atoms with E-state index in [9.17, 15) is 19.5 Å². The van der Waals surface area contributed by atoms with Gasteiger partial charge < -0.3 is 25.4 Å². The Balaban J connectivity index is 1.51. The first-order valence-electron chi connectivity index (χ1n) is 13.0. The maximum Gasteiger partial charge on any atom is 0.246 e. The summed E-state index contributed by atoms with van der Waals surface area (Å²) in [4.78, 5) is 43.0. The Morgan fingerprint density at radius 2 is 1.73 bits per heavy atom. The van der Waals surface area contributed by atoms with Gasteiger partial charge in [0.2, 0.25) is 17.7 Å². The molecule has 5 rings (SSSR count). The van der Waals surface area contributed by atoms with Crippen LogP contribution in [0, 0.1) is 11.8 Å². The van der Waals surface area contributed by atoms with E-state index in [1.54, 1.807) is 0 Å². The standard InChI is InChI=1S/C29H35N3O5/c1-28(2,3)31-26(35)24-29-15-14-21(37-29)22(25(34)30-16-18-10-6-4-7-11-18)23(29)27(36)32(24)20(17-33)19-12-8-5-9-13-19/h4-13,20-24,33H,14-17H2,1-3H3,(H,30,34)(H,31,35)/t20-,21-,22+,23+,24?,29?/m1/s1. The molecule has 2 aromatic carbocycles. The van der Waals surface area contributed by atoms with Crippen LogP contribution < -0.4 is 10.6 Å². The van der Waals surface area contributed by atoms with Crippen molar-refractivity contribution in [1.29, 1.82) is 0 Å². The van der Waals surface area contributed by atoms with Gasteiger partial charge in [0, 0.05) is 12.1 Å². The molecule has 6 atom stereocenters. The highest BCUT2D eigenvalue weighted by Crippen LogP contribution is 2.59. The fraction of sp³-hybridized carbons (Fsp3) is 0.483. The predicted molar refractivity (Wildman–Crippen MR) is 137 cm³/mol. The van der Waals surface area contributed by atoms with Crippen molar-refractivity contribution >= 4 is 17.7 Å². The molecule has 2 aromatic rings. The lowest BCUT2D eigenvalue weighted by Crippen LogP contribution is -2.59. The van der Waals surface area contributed by atoms with Gasteiger partial charge in [-0.1, -0.05) is 60.7 Å².